The second-order valence-electron chi connectivity index (χ2n) is 7.83. The van der Waals surface area contributed by atoms with Crippen LogP contribution in [0.4, 0.5) is 0 Å². The van der Waals surface area contributed by atoms with E-state index in [0.717, 1.165) is 24.8 Å². The number of nitrogens with one attached hydrogen (secondary N) is 1. The normalized spacial score (nSPS) is 30.9. The van der Waals surface area contributed by atoms with E-state index in [2.05, 4.69) is 34.5 Å². The largest absolute Gasteiger partial charge is 0.494 e. The van der Waals surface area contributed by atoms with Crippen LogP contribution in [0.15, 0.2) is 24.3 Å². The topological polar surface area (TPSA) is 24.5 Å². The Balaban J connectivity index is 1.28. The molecule has 3 atom stereocenters. The van der Waals surface area contributed by atoms with Crippen LogP contribution in [0.2, 0.25) is 0 Å². The number of fused-ring (bicyclic) bond motifs is 1. The van der Waals surface area contributed by atoms with E-state index >= 15 is 0 Å². The highest BCUT2D eigenvalue weighted by Gasteiger charge is 2.35. The van der Waals surface area contributed by atoms with Crippen LogP contribution < -0.4 is 10.1 Å². The molecule has 0 aromatic heterocycles. The molecule has 3 heteroatoms. The smallest absolute Gasteiger partial charge is 0.119 e. The molecule has 1 aromatic carbocycles. The third-order valence-electron chi connectivity index (χ3n) is 6.26. The van der Waals surface area contributed by atoms with Gasteiger partial charge in [-0.3, -0.25) is 4.90 Å². The molecule has 0 bridgehead atoms. The van der Waals surface area contributed by atoms with Crippen molar-refractivity contribution in [3.63, 3.8) is 0 Å². The second-order valence-corrected chi connectivity index (χ2v) is 7.83. The van der Waals surface area contributed by atoms with E-state index in [1.54, 1.807) is 0 Å². The van der Waals surface area contributed by atoms with Crippen LogP contribution in [0.25, 0.3) is 0 Å². The van der Waals surface area contributed by atoms with Crippen molar-refractivity contribution >= 4 is 0 Å². The van der Waals surface area contributed by atoms with E-state index in [9.17, 15) is 0 Å². The lowest BCUT2D eigenvalue weighted by Crippen LogP contribution is -2.35. The van der Waals surface area contributed by atoms with E-state index in [0.29, 0.717) is 12.1 Å². The van der Waals surface area contributed by atoms with Gasteiger partial charge >= 0.3 is 0 Å². The fourth-order valence-corrected chi connectivity index (χ4v) is 4.89. The molecule has 3 aliphatic rings. The van der Waals surface area contributed by atoms with Crippen molar-refractivity contribution in [1.29, 1.82) is 0 Å². The van der Waals surface area contributed by atoms with Crippen molar-refractivity contribution in [3.8, 4) is 5.75 Å². The average molecular weight is 329 g/mol. The Morgan fingerprint density at radius 2 is 1.83 bits per heavy atom. The Morgan fingerprint density at radius 3 is 2.67 bits per heavy atom. The maximum Gasteiger partial charge on any atom is 0.119 e. The number of piperidine rings is 2. The molecule has 3 nitrogen and oxygen atoms in total. The fraction of sp³-hybridized carbons (Fsp3) is 0.714. The summed E-state index contributed by atoms with van der Waals surface area (Å²) in [5.41, 5.74) is 1.49. The van der Waals surface area contributed by atoms with Crippen LogP contribution in [0.1, 0.15) is 69.4 Å². The lowest BCUT2D eigenvalue weighted by molar-refractivity contribution is 0.150. The first-order chi connectivity index (χ1) is 11.9. The summed E-state index contributed by atoms with van der Waals surface area (Å²) in [7, 11) is 0. The fourth-order valence-electron chi connectivity index (χ4n) is 4.89. The molecule has 0 saturated carbocycles. The monoisotopic (exact) mass is 328 g/mol. The Bertz CT molecular complexity index is 509. The first-order valence-electron chi connectivity index (χ1n) is 10.1. The Hall–Kier alpha value is -1.06. The molecule has 132 valence electrons. The number of nitrogens with zero attached hydrogens (tertiary/aromatic N) is 1. The van der Waals surface area contributed by atoms with E-state index in [4.69, 9.17) is 4.74 Å². The van der Waals surface area contributed by atoms with E-state index < -0.39 is 0 Å². The number of hydrogen-bond acceptors (Lipinski definition) is 3. The van der Waals surface area contributed by atoms with Crippen molar-refractivity contribution in [3.05, 3.63) is 29.8 Å². The summed E-state index contributed by atoms with van der Waals surface area (Å²) < 4.78 is 5.98. The molecule has 3 fully saturated rings. The minimum absolute atomic E-state index is 0.649. The molecule has 3 heterocycles. The molecule has 0 aliphatic carbocycles. The Morgan fingerprint density at radius 1 is 0.958 bits per heavy atom. The van der Waals surface area contributed by atoms with Gasteiger partial charge in [0, 0.05) is 18.1 Å². The van der Waals surface area contributed by atoms with Crippen molar-refractivity contribution < 1.29 is 4.74 Å². The highest BCUT2D eigenvalue weighted by atomic mass is 16.5. The molecule has 4 rings (SSSR count). The molecule has 0 spiro atoms. The predicted molar refractivity (Wildman–Crippen MR) is 98.5 cm³/mol. The molecule has 1 unspecified atom stereocenters. The third kappa shape index (κ3) is 3.78. The van der Waals surface area contributed by atoms with E-state index in [-0.39, 0.29) is 0 Å². The molecule has 3 aliphatic heterocycles. The van der Waals surface area contributed by atoms with Gasteiger partial charge in [0.2, 0.25) is 0 Å². The van der Waals surface area contributed by atoms with Gasteiger partial charge in [-0.25, -0.2) is 0 Å². The highest BCUT2D eigenvalue weighted by Crippen LogP contribution is 2.40. The molecule has 0 amide bonds. The van der Waals surface area contributed by atoms with Crippen molar-refractivity contribution in [2.75, 3.05) is 19.7 Å². The van der Waals surface area contributed by atoms with Crippen LogP contribution >= 0.6 is 0 Å². The van der Waals surface area contributed by atoms with Gasteiger partial charge in [0.05, 0.1) is 6.61 Å². The van der Waals surface area contributed by atoms with E-state index in [1.165, 1.54) is 70.0 Å². The standard InChI is InChI=1S/C21H32N2O/c1-3-14-22-18(5-1)13-16-24-20-10-7-17(8-11-20)21-12-9-19-6-2-4-15-23(19)21/h7-8,10-11,18-19,21-22H,1-6,9,12-16H2/t18?,19-,21-/m1/s1. The lowest BCUT2D eigenvalue weighted by atomic mass is 10.0. The van der Waals surface area contributed by atoms with Crippen LogP contribution in [-0.2, 0) is 0 Å². The summed E-state index contributed by atoms with van der Waals surface area (Å²) in [4.78, 5) is 2.76. The van der Waals surface area contributed by atoms with Crippen molar-refractivity contribution in [2.45, 2.75) is 75.9 Å². The van der Waals surface area contributed by atoms with Gasteiger partial charge in [-0.2, -0.15) is 0 Å². The molecular weight excluding hydrogens is 296 g/mol. The van der Waals surface area contributed by atoms with Crippen molar-refractivity contribution in [1.82, 2.24) is 10.2 Å². The van der Waals surface area contributed by atoms with Gasteiger partial charge in [0.25, 0.3) is 0 Å². The number of hydrogen-bond donors (Lipinski definition) is 1. The van der Waals surface area contributed by atoms with Gasteiger partial charge in [-0.15, -0.1) is 0 Å². The third-order valence-corrected chi connectivity index (χ3v) is 6.26. The van der Waals surface area contributed by atoms with Crippen LogP contribution in [-0.4, -0.2) is 36.7 Å². The summed E-state index contributed by atoms with van der Waals surface area (Å²) in [6.07, 6.45) is 12.1. The predicted octanol–water partition coefficient (Wildman–Crippen LogP) is 4.29. The summed E-state index contributed by atoms with van der Waals surface area (Å²) in [6, 6.07) is 11.1. The summed E-state index contributed by atoms with van der Waals surface area (Å²) in [5, 5.41) is 3.59. The lowest BCUT2D eigenvalue weighted by Gasteiger charge is -2.34. The molecule has 0 radical (unpaired) electrons. The first-order valence-corrected chi connectivity index (χ1v) is 10.1. The zero-order valence-corrected chi connectivity index (χ0v) is 14.9. The van der Waals surface area contributed by atoms with Gasteiger partial charge in [-0.05, 0) is 75.7 Å². The quantitative estimate of drug-likeness (QED) is 0.873. The first kappa shape index (κ1) is 16.4. The molecule has 3 saturated heterocycles. The highest BCUT2D eigenvalue weighted by molar-refractivity contribution is 5.30. The van der Waals surface area contributed by atoms with Crippen LogP contribution in [0.5, 0.6) is 5.75 Å². The minimum atomic E-state index is 0.649. The van der Waals surface area contributed by atoms with Gasteiger partial charge in [-0.1, -0.05) is 25.0 Å². The minimum Gasteiger partial charge on any atom is -0.494 e. The Labute approximate surface area is 146 Å². The maximum atomic E-state index is 5.98. The summed E-state index contributed by atoms with van der Waals surface area (Å²) >= 11 is 0. The summed E-state index contributed by atoms with van der Waals surface area (Å²) in [5.74, 6) is 1.03. The molecular formula is C21H32N2O. The SMILES string of the molecule is c1cc([C@H]2CC[C@H]3CCCCN32)ccc1OCCC1CCCCN1. The zero-order chi connectivity index (χ0) is 16.2. The van der Waals surface area contributed by atoms with Gasteiger partial charge < -0.3 is 10.1 Å². The van der Waals surface area contributed by atoms with Gasteiger partial charge in [0.15, 0.2) is 0 Å². The number of ether oxygens (including phenoxy) is 1. The second kappa shape index (κ2) is 7.88. The van der Waals surface area contributed by atoms with Gasteiger partial charge in [0.1, 0.15) is 5.75 Å². The van der Waals surface area contributed by atoms with E-state index in [1.807, 2.05) is 0 Å². The van der Waals surface area contributed by atoms with Crippen LogP contribution in [0.3, 0.4) is 0 Å². The molecule has 1 N–H and O–H groups in total. The molecule has 24 heavy (non-hydrogen) atoms. The van der Waals surface area contributed by atoms with Crippen LogP contribution in [0, 0.1) is 0 Å². The average Bonchev–Trinajstić information content (AvgIpc) is 3.07. The Kier molecular flexibility index (Phi) is 5.39. The van der Waals surface area contributed by atoms with Crippen molar-refractivity contribution in [2.24, 2.45) is 0 Å². The zero-order valence-electron chi connectivity index (χ0n) is 14.9. The number of rotatable bonds is 5. The molecule has 1 aromatic rings. The number of benzene rings is 1. The summed E-state index contributed by atoms with van der Waals surface area (Å²) in [6.45, 7) is 3.30. The maximum absolute atomic E-state index is 5.98.